The van der Waals surface area contributed by atoms with Crippen LogP contribution in [-0.2, 0) is 15.0 Å². The van der Waals surface area contributed by atoms with Crippen LogP contribution in [0.1, 0.15) is 57.6 Å². The molecule has 1 fully saturated rings. The number of halogens is 2. The summed E-state index contributed by atoms with van der Waals surface area (Å²) < 4.78 is 0. The lowest BCUT2D eigenvalue weighted by Crippen LogP contribution is -2.55. The number of benzene rings is 2. The van der Waals surface area contributed by atoms with Crippen molar-refractivity contribution < 1.29 is 19.8 Å². The summed E-state index contributed by atoms with van der Waals surface area (Å²) in [6.07, 6.45) is 0.391. The summed E-state index contributed by atoms with van der Waals surface area (Å²) in [5, 5.41) is 33.4. The lowest BCUT2D eigenvalue weighted by Gasteiger charge is -2.43. The van der Waals surface area contributed by atoms with Gasteiger partial charge < -0.3 is 15.9 Å². The molecule has 4 N–H and O–H groups in total. The fraction of sp³-hybridized carbons (Fsp3) is 0.483. The number of primary amides is 1. The molecule has 0 aliphatic carbocycles. The summed E-state index contributed by atoms with van der Waals surface area (Å²) in [4.78, 5) is 26.8. The molecule has 6 atom stereocenters. The molecule has 0 radical (unpaired) electrons. The largest absolute Gasteiger partial charge is 0.480 e. The molecule has 0 saturated carbocycles. The van der Waals surface area contributed by atoms with Gasteiger partial charge in [-0.1, -0.05) is 75.2 Å². The van der Waals surface area contributed by atoms with Crippen LogP contribution in [-0.4, -0.2) is 51.7 Å². The molecule has 0 bridgehead atoms. The van der Waals surface area contributed by atoms with Crippen molar-refractivity contribution in [3.8, 4) is 6.07 Å². The number of carbonyl (C=O) groups excluding carboxylic acids is 1. The molecule has 9 heteroatoms. The Balaban J connectivity index is 2.44. The first-order chi connectivity index (χ1) is 17.8. The normalized spacial score (nSPS) is 25.5. The molecule has 2 unspecified atom stereocenters. The third-order valence-corrected chi connectivity index (χ3v) is 8.02. The zero-order valence-electron chi connectivity index (χ0n) is 22.1. The molecule has 3 rings (SSSR count). The molecular weight excluding hydrogens is 525 g/mol. The first-order valence-corrected chi connectivity index (χ1v) is 13.3. The van der Waals surface area contributed by atoms with Crippen LogP contribution >= 0.6 is 23.2 Å². The fourth-order valence-electron chi connectivity index (χ4n) is 6.08. The Morgan fingerprint density at radius 2 is 1.79 bits per heavy atom. The molecule has 1 heterocycles. The van der Waals surface area contributed by atoms with Gasteiger partial charge in [0.05, 0.1) is 12.7 Å². The number of carbonyl (C=O) groups is 2. The quantitative estimate of drug-likeness (QED) is 0.397. The maximum Gasteiger partial charge on any atom is 0.321 e. The zero-order valence-corrected chi connectivity index (χ0v) is 23.6. The maximum atomic E-state index is 13.2. The van der Waals surface area contributed by atoms with E-state index in [0.29, 0.717) is 27.6 Å². The van der Waals surface area contributed by atoms with Crippen LogP contribution < -0.4 is 5.73 Å². The highest BCUT2D eigenvalue weighted by Gasteiger charge is 2.65. The number of aliphatic carboxylic acids is 1. The number of hydrogen-bond donors (Lipinski definition) is 3. The SMILES string of the molecule is CC(CC(N)=O)C(CO)N1[C@H](C(=O)O)[C@@H](c2cccc(Cl)c2)[C@](C#N)(c2ccc(Cl)cc2)[C@H]1CC(C)(C)C. The van der Waals surface area contributed by atoms with Crippen LogP contribution in [0.2, 0.25) is 10.0 Å². The van der Waals surface area contributed by atoms with Gasteiger partial charge in [-0.2, -0.15) is 5.26 Å². The summed E-state index contributed by atoms with van der Waals surface area (Å²) in [6.45, 7) is 7.43. The zero-order chi connectivity index (χ0) is 28.4. The second-order valence-electron chi connectivity index (χ2n) is 11.4. The van der Waals surface area contributed by atoms with E-state index in [-0.39, 0.29) is 11.8 Å². The number of hydrogen-bond acceptors (Lipinski definition) is 5. The molecule has 2 aromatic carbocycles. The molecule has 2 aromatic rings. The van der Waals surface area contributed by atoms with Gasteiger partial charge in [-0.25, -0.2) is 0 Å². The number of amides is 1. The number of nitriles is 1. The standard InChI is InChI=1S/C29H35Cl2N3O4/c1-17(12-24(33)36)22(15-35)34-23(14-28(2,3)4)29(16-32,19-8-10-20(30)11-9-19)25(26(34)27(37)38)18-6-5-7-21(31)13-18/h5-11,13,17,22-23,25-26,35H,12,14-15H2,1-4H3,(H2,33,36)(H,37,38)/t17?,22?,23-,25-,26+,29-/m1/s1. The molecular formula is C29H35Cl2N3O4. The number of rotatable bonds is 9. The highest BCUT2D eigenvalue weighted by molar-refractivity contribution is 6.30. The Hall–Kier alpha value is -2.63. The van der Waals surface area contributed by atoms with Gasteiger partial charge in [0.1, 0.15) is 11.5 Å². The maximum absolute atomic E-state index is 13.2. The topological polar surface area (TPSA) is 128 Å². The minimum atomic E-state index is -1.36. The Morgan fingerprint density at radius 3 is 2.26 bits per heavy atom. The van der Waals surface area contributed by atoms with E-state index in [1.807, 2.05) is 20.8 Å². The van der Waals surface area contributed by atoms with Crippen molar-refractivity contribution in [3.63, 3.8) is 0 Å². The van der Waals surface area contributed by atoms with Crippen molar-refractivity contribution in [3.05, 3.63) is 69.7 Å². The number of aliphatic hydroxyl groups is 1. The number of likely N-dealkylation sites (tertiary alicyclic amines) is 1. The summed E-state index contributed by atoms with van der Waals surface area (Å²) in [6, 6.07) is 13.8. The van der Waals surface area contributed by atoms with Crippen molar-refractivity contribution in [2.24, 2.45) is 17.1 Å². The number of carboxylic acids is 1. The van der Waals surface area contributed by atoms with E-state index in [2.05, 4.69) is 6.07 Å². The average Bonchev–Trinajstić information content (AvgIpc) is 3.09. The number of aliphatic hydroxyl groups excluding tert-OH is 1. The third-order valence-electron chi connectivity index (χ3n) is 7.54. The van der Waals surface area contributed by atoms with Crippen molar-refractivity contribution in [2.75, 3.05) is 6.61 Å². The molecule has 38 heavy (non-hydrogen) atoms. The molecule has 7 nitrogen and oxygen atoms in total. The Labute approximate surface area is 234 Å². The fourth-order valence-corrected chi connectivity index (χ4v) is 6.41. The number of nitrogens with zero attached hydrogens (tertiary/aromatic N) is 2. The minimum Gasteiger partial charge on any atom is -0.480 e. The third kappa shape index (κ3) is 5.84. The van der Waals surface area contributed by atoms with Crippen LogP contribution in [0.3, 0.4) is 0 Å². The first-order valence-electron chi connectivity index (χ1n) is 12.6. The van der Waals surface area contributed by atoms with Crippen molar-refractivity contribution in [1.82, 2.24) is 4.90 Å². The molecule has 1 saturated heterocycles. The molecule has 0 aromatic heterocycles. The van der Waals surface area contributed by atoms with E-state index in [0.717, 1.165) is 0 Å². The Morgan fingerprint density at radius 1 is 1.16 bits per heavy atom. The monoisotopic (exact) mass is 559 g/mol. The van der Waals surface area contributed by atoms with E-state index in [1.165, 1.54) is 0 Å². The second kappa shape index (κ2) is 11.6. The molecule has 1 aliphatic heterocycles. The molecule has 1 aliphatic rings. The molecule has 204 valence electrons. The Bertz CT molecular complexity index is 1210. The van der Waals surface area contributed by atoms with E-state index in [4.69, 9.17) is 28.9 Å². The van der Waals surface area contributed by atoms with Gasteiger partial charge in [-0.05, 0) is 53.1 Å². The highest BCUT2D eigenvalue weighted by atomic mass is 35.5. The summed E-state index contributed by atoms with van der Waals surface area (Å²) in [5.41, 5.74) is 5.04. The summed E-state index contributed by atoms with van der Waals surface area (Å²) in [7, 11) is 0. The van der Waals surface area contributed by atoms with Crippen LogP contribution in [0.4, 0.5) is 0 Å². The van der Waals surface area contributed by atoms with Gasteiger partial charge in [-0.15, -0.1) is 0 Å². The predicted octanol–water partition coefficient (Wildman–Crippen LogP) is 4.98. The second-order valence-corrected chi connectivity index (χ2v) is 12.3. The first kappa shape index (κ1) is 29.9. The van der Waals surface area contributed by atoms with Gasteiger partial charge in [0.2, 0.25) is 5.91 Å². The van der Waals surface area contributed by atoms with Crippen LogP contribution in [0, 0.1) is 22.7 Å². The van der Waals surface area contributed by atoms with E-state index < -0.39 is 53.9 Å². The van der Waals surface area contributed by atoms with E-state index in [1.54, 1.807) is 60.4 Å². The number of nitrogens with two attached hydrogens (primary N) is 1. The van der Waals surface area contributed by atoms with E-state index >= 15 is 0 Å². The van der Waals surface area contributed by atoms with Crippen molar-refractivity contribution >= 4 is 35.1 Å². The van der Waals surface area contributed by atoms with Crippen LogP contribution in [0.25, 0.3) is 0 Å². The van der Waals surface area contributed by atoms with Crippen LogP contribution in [0.15, 0.2) is 48.5 Å². The van der Waals surface area contributed by atoms with Gasteiger partial charge in [-0.3, -0.25) is 14.5 Å². The minimum absolute atomic E-state index is 0.0430. The van der Waals surface area contributed by atoms with Gasteiger partial charge >= 0.3 is 5.97 Å². The van der Waals surface area contributed by atoms with Gasteiger partial charge in [0, 0.05) is 34.5 Å². The lowest BCUT2D eigenvalue weighted by atomic mass is 9.63. The predicted molar refractivity (Wildman–Crippen MR) is 148 cm³/mol. The highest BCUT2D eigenvalue weighted by Crippen LogP contribution is 2.56. The van der Waals surface area contributed by atoms with Gasteiger partial charge in [0.15, 0.2) is 0 Å². The summed E-state index contributed by atoms with van der Waals surface area (Å²) in [5.74, 6) is -3.01. The smallest absolute Gasteiger partial charge is 0.321 e. The molecule has 1 amide bonds. The van der Waals surface area contributed by atoms with Crippen LogP contribution in [0.5, 0.6) is 0 Å². The lowest BCUT2D eigenvalue weighted by molar-refractivity contribution is -0.145. The number of carboxylic acid groups (broad SMARTS) is 1. The van der Waals surface area contributed by atoms with Crippen molar-refractivity contribution in [2.45, 2.75) is 70.0 Å². The summed E-state index contributed by atoms with van der Waals surface area (Å²) >= 11 is 12.6. The average molecular weight is 561 g/mol. The van der Waals surface area contributed by atoms with Crippen molar-refractivity contribution in [1.29, 1.82) is 5.26 Å². The van der Waals surface area contributed by atoms with E-state index in [9.17, 15) is 25.1 Å². The Kier molecular flexibility index (Phi) is 9.16. The van der Waals surface area contributed by atoms with Gasteiger partial charge in [0.25, 0.3) is 0 Å². The molecule has 0 spiro atoms.